The Morgan fingerprint density at radius 2 is 2.20 bits per heavy atom. The van der Waals surface area contributed by atoms with Gasteiger partial charge in [-0.3, -0.25) is 0 Å². The van der Waals surface area contributed by atoms with Gasteiger partial charge in [-0.05, 0) is 13.5 Å². The van der Waals surface area contributed by atoms with Gasteiger partial charge in [0.2, 0.25) is 9.84 Å². The molecule has 2 nitrogen and oxygen atoms in total. The summed E-state index contributed by atoms with van der Waals surface area (Å²) in [7, 11) is 2.08. The SMILES string of the molecule is CCCCN1C=CN(C)[SiH2]1. The summed E-state index contributed by atoms with van der Waals surface area (Å²) in [5, 5.41) is 0. The second-order valence-electron chi connectivity index (χ2n) is 2.86. The highest BCUT2D eigenvalue weighted by atomic mass is 28.2. The molecule has 0 N–H and O–H groups in total. The van der Waals surface area contributed by atoms with E-state index in [1.165, 1.54) is 19.4 Å². The third kappa shape index (κ3) is 2.06. The van der Waals surface area contributed by atoms with Crippen LogP contribution in [0.2, 0.25) is 0 Å². The molecule has 0 aromatic carbocycles. The Morgan fingerprint density at radius 3 is 2.70 bits per heavy atom. The molecule has 0 aromatic heterocycles. The van der Waals surface area contributed by atoms with Crippen molar-refractivity contribution in [3.05, 3.63) is 12.4 Å². The smallest absolute Gasteiger partial charge is 0.229 e. The van der Waals surface area contributed by atoms with Crippen LogP contribution >= 0.6 is 0 Å². The van der Waals surface area contributed by atoms with Crippen LogP contribution in [-0.4, -0.2) is 32.6 Å². The van der Waals surface area contributed by atoms with Crippen molar-refractivity contribution in [1.82, 2.24) is 9.13 Å². The Balaban J connectivity index is 2.14. The first-order chi connectivity index (χ1) is 4.83. The highest BCUT2D eigenvalue weighted by Crippen LogP contribution is 2.02. The second-order valence-corrected chi connectivity index (χ2v) is 4.96. The molecule has 10 heavy (non-hydrogen) atoms. The maximum atomic E-state index is 2.48. The van der Waals surface area contributed by atoms with Crippen molar-refractivity contribution in [2.24, 2.45) is 0 Å². The molecule has 1 aliphatic heterocycles. The van der Waals surface area contributed by atoms with Gasteiger partial charge in [-0.2, -0.15) is 0 Å². The van der Waals surface area contributed by atoms with E-state index in [1.54, 1.807) is 0 Å². The van der Waals surface area contributed by atoms with Gasteiger partial charge in [-0.1, -0.05) is 13.3 Å². The number of unbranched alkanes of at least 4 members (excludes halogenated alkanes) is 1. The summed E-state index contributed by atoms with van der Waals surface area (Å²) in [4.78, 5) is 0. The zero-order chi connectivity index (χ0) is 7.40. The van der Waals surface area contributed by atoms with Crippen molar-refractivity contribution in [1.29, 1.82) is 0 Å². The average Bonchev–Trinajstić information content (AvgIpc) is 2.31. The van der Waals surface area contributed by atoms with E-state index >= 15 is 0 Å². The highest BCUT2D eigenvalue weighted by molar-refractivity contribution is 6.30. The van der Waals surface area contributed by atoms with Gasteiger partial charge in [-0.15, -0.1) is 0 Å². The maximum Gasteiger partial charge on any atom is 0.229 e. The van der Waals surface area contributed by atoms with Crippen LogP contribution in [0.4, 0.5) is 0 Å². The van der Waals surface area contributed by atoms with Crippen molar-refractivity contribution < 1.29 is 0 Å². The minimum Gasteiger partial charge on any atom is -0.393 e. The molecule has 3 heteroatoms. The molecule has 0 aliphatic carbocycles. The summed E-state index contributed by atoms with van der Waals surface area (Å²) in [5.41, 5.74) is 0. The molecular weight excluding hydrogens is 140 g/mol. The van der Waals surface area contributed by atoms with Crippen LogP contribution in [0, 0.1) is 0 Å². The molecule has 0 saturated heterocycles. The Labute approximate surface area is 65.5 Å². The number of nitrogens with zero attached hydrogens (tertiary/aromatic N) is 2. The topological polar surface area (TPSA) is 6.48 Å². The van der Waals surface area contributed by atoms with E-state index in [4.69, 9.17) is 0 Å². The summed E-state index contributed by atoms with van der Waals surface area (Å²) < 4.78 is 4.80. The molecule has 0 amide bonds. The third-order valence-electron chi connectivity index (χ3n) is 1.74. The van der Waals surface area contributed by atoms with Crippen molar-refractivity contribution in [3.63, 3.8) is 0 Å². The van der Waals surface area contributed by atoms with E-state index in [9.17, 15) is 0 Å². The molecule has 0 radical (unpaired) electrons. The van der Waals surface area contributed by atoms with Gasteiger partial charge >= 0.3 is 0 Å². The lowest BCUT2D eigenvalue weighted by Gasteiger charge is -2.16. The van der Waals surface area contributed by atoms with Crippen LogP contribution in [0.1, 0.15) is 19.8 Å². The Bertz CT molecular complexity index is 125. The van der Waals surface area contributed by atoms with Crippen LogP contribution in [0.3, 0.4) is 0 Å². The molecule has 0 aromatic rings. The van der Waals surface area contributed by atoms with E-state index in [-0.39, 0.29) is 9.84 Å². The van der Waals surface area contributed by atoms with Crippen LogP contribution in [0.15, 0.2) is 12.4 Å². The minimum atomic E-state index is -0.0832. The average molecular weight is 156 g/mol. The van der Waals surface area contributed by atoms with Gasteiger partial charge in [0, 0.05) is 18.9 Å². The number of hydrogen-bond donors (Lipinski definition) is 0. The summed E-state index contributed by atoms with van der Waals surface area (Å²) >= 11 is 0. The number of rotatable bonds is 3. The molecule has 0 spiro atoms. The summed E-state index contributed by atoms with van der Waals surface area (Å²) in [6.45, 7) is 3.51. The molecule has 0 fully saturated rings. The van der Waals surface area contributed by atoms with Gasteiger partial charge in [0.15, 0.2) is 0 Å². The fourth-order valence-corrected chi connectivity index (χ4v) is 2.41. The van der Waals surface area contributed by atoms with Crippen LogP contribution in [0.5, 0.6) is 0 Å². The quantitative estimate of drug-likeness (QED) is 0.549. The molecule has 1 aliphatic rings. The lowest BCUT2D eigenvalue weighted by Crippen LogP contribution is -2.27. The first-order valence-corrected chi connectivity index (χ1v) is 5.22. The van der Waals surface area contributed by atoms with E-state index in [0.29, 0.717) is 0 Å². The minimum absolute atomic E-state index is 0.0832. The summed E-state index contributed by atoms with van der Waals surface area (Å²) in [6, 6.07) is 0. The van der Waals surface area contributed by atoms with Crippen molar-refractivity contribution in [3.8, 4) is 0 Å². The molecule has 0 saturated carbocycles. The Kier molecular flexibility index (Phi) is 2.80. The highest BCUT2D eigenvalue weighted by Gasteiger charge is 2.06. The van der Waals surface area contributed by atoms with Gasteiger partial charge in [-0.25, -0.2) is 0 Å². The summed E-state index contributed by atoms with van der Waals surface area (Å²) in [6.07, 6.45) is 7.05. The van der Waals surface area contributed by atoms with Gasteiger partial charge < -0.3 is 9.13 Å². The first-order valence-electron chi connectivity index (χ1n) is 3.95. The second kappa shape index (κ2) is 3.66. The molecule has 0 atom stereocenters. The predicted octanol–water partition coefficient (Wildman–Crippen LogP) is 0.504. The Hall–Kier alpha value is -0.443. The van der Waals surface area contributed by atoms with E-state index < -0.39 is 0 Å². The zero-order valence-electron chi connectivity index (χ0n) is 6.88. The van der Waals surface area contributed by atoms with Gasteiger partial charge in [0.1, 0.15) is 0 Å². The lowest BCUT2D eigenvalue weighted by atomic mass is 10.3. The molecule has 58 valence electrons. The monoisotopic (exact) mass is 156 g/mol. The summed E-state index contributed by atoms with van der Waals surface area (Å²) in [5.74, 6) is 0. The van der Waals surface area contributed by atoms with Gasteiger partial charge in [0.25, 0.3) is 0 Å². The van der Waals surface area contributed by atoms with E-state index in [2.05, 4.69) is 35.5 Å². The van der Waals surface area contributed by atoms with Crippen molar-refractivity contribution in [2.45, 2.75) is 19.8 Å². The van der Waals surface area contributed by atoms with Crippen molar-refractivity contribution in [2.75, 3.05) is 13.6 Å². The third-order valence-corrected chi connectivity index (χ3v) is 3.28. The molecule has 0 unspecified atom stereocenters. The molecular formula is C7H16N2Si. The predicted molar refractivity (Wildman–Crippen MR) is 47.1 cm³/mol. The van der Waals surface area contributed by atoms with Crippen LogP contribution < -0.4 is 0 Å². The van der Waals surface area contributed by atoms with Gasteiger partial charge in [0.05, 0.1) is 0 Å². The van der Waals surface area contributed by atoms with E-state index in [0.717, 1.165) is 0 Å². The fraction of sp³-hybridized carbons (Fsp3) is 0.714. The fourth-order valence-electron chi connectivity index (χ4n) is 1.10. The van der Waals surface area contributed by atoms with Crippen LogP contribution in [-0.2, 0) is 0 Å². The normalized spacial score (nSPS) is 19.4. The largest absolute Gasteiger partial charge is 0.393 e. The lowest BCUT2D eigenvalue weighted by molar-refractivity contribution is 0.546. The number of hydrogen-bond acceptors (Lipinski definition) is 2. The standard InChI is InChI=1S/C7H16N2Si/c1-3-4-5-9-7-6-8(2)10-9/h6-7H,3-5,10H2,1-2H3. The molecule has 0 bridgehead atoms. The Morgan fingerprint density at radius 1 is 1.40 bits per heavy atom. The van der Waals surface area contributed by atoms with E-state index in [1.807, 2.05) is 0 Å². The van der Waals surface area contributed by atoms with Crippen LogP contribution in [0.25, 0.3) is 0 Å². The maximum absolute atomic E-state index is 2.48. The molecule has 1 rings (SSSR count). The molecule has 1 heterocycles. The zero-order valence-corrected chi connectivity index (χ0v) is 8.29. The van der Waals surface area contributed by atoms with Crippen molar-refractivity contribution >= 4 is 9.84 Å². The first kappa shape index (κ1) is 7.66.